The summed E-state index contributed by atoms with van der Waals surface area (Å²) in [6.07, 6.45) is 0. The Bertz CT molecular complexity index is 1050. The van der Waals surface area contributed by atoms with Gasteiger partial charge in [-0.25, -0.2) is 8.42 Å². The average molecular weight is 419 g/mol. The first-order valence-corrected chi connectivity index (χ1v) is 11.4. The number of thiophene rings is 1. The van der Waals surface area contributed by atoms with E-state index in [2.05, 4.69) is 15.1 Å². The van der Waals surface area contributed by atoms with Crippen LogP contribution in [-0.2, 0) is 16.6 Å². The lowest BCUT2D eigenvalue weighted by atomic mass is 10.1. The smallest absolute Gasteiger partial charge is 0.252 e. The van der Waals surface area contributed by atoms with E-state index < -0.39 is 10.0 Å². The van der Waals surface area contributed by atoms with Gasteiger partial charge in [-0.2, -0.15) is 4.31 Å². The van der Waals surface area contributed by atoms with Crippen molar-refractivity contribution >= 4 is 21.4 Å². The summed E-state index contributed by atoms with van der Waals surface area (Å²) in [6, 6.07) is 11.5. The van der Waals surface area contributed by atoms with Gasteiger partial charge < -0.3 is 4.42 Å². The predicted molar refractivity (Wildman–Crippen MR) is 108 cm³/mol. The van der Waals surface area contributed by atoms with Crippen molar-refractivity contribution in [2.75, 3.05) is 26.2 Å². The fourth-order valence-corrected chi connectivity index (χ4v) is 5.99. The van der Waals surface area contributed by atoms with Crippen LogP contribution in [0.2, 0.25) is 0 Å². The third kappa shape index (κ3) is 4.02. The Kier molecular flexibility index (Phi) is 5.33. The third-order valence-corrected chi connectivity index (χ3v) is 8.13. The minimum absolute atomic E-state index is 0.415. The molecule has 3 aromatic rings. The molecule has 28 heavy (non-hydrogen) atoms. The molecule has 1 saturated heterocycles. The molecule has 0 amide bonds. The predicted octanol–water partition coefficient (Wildman–Crippen LogP) is 2.92. The summed E-state index contributed by atoms with van der Waals surface area (Å²) in [5.74, 6) is 1.05. The van der Waals surface area contributed by atoms with Crippen molar-refractivity contribution in [1.29, 1.82) is 0 Å². The van der Waals surface area contributed by atoms with E-state index in [1.165, 1.54) is 16.9 Å². The number of benzene rings is 1. The Morgan fingerprint density at radius 3 is 2.36 bits per heavy atom. The van der Waals surface area contributed by atoms with Crippen LogP contribution in [0.1, 0.15) is 16.3 Å². The highest BCUT2D eigenvalue weighted by atomic mass is 32.2. The molecule has 0 saturated carbocycles. The maximum absolute atomic E-state index is 12.7. The molecule has 7 nitrogen and oxygen atoms in total. The second-order valence-electron chi connectivity index (χ2n) is 6.91. The van der Waals surface area contributed by atoms with Gasteiger partial charge in [0.25, 0.3) is 10.0 Å². The molecule has 0 atom stereocenters. The molecular formula is C19H22N4O3S2. The molecule has 2 aromatic heterocycles. The van der Waals surface area contributed by atoms with Crippen LogP contribution in [0.25, 0.3) is 11.5 Å². The topological polar surface area (TPSA) is 79.5 Å². The van der Waals surface area contributed by atoms with E-state index in [1.54, 1.807) is 10.4 Å². The van der Waals surface area contributed by atoms with Crippen molar-refractivity contribution in [3.63, 3.8) is 0 Å². The Morgan fingerprint density at radius 2 is 1.71 bits per heavy atom. The molecular weight excluding hydrogens is 396 g/mol. The SMILES string of the molecule is Cc1ccc(-c2nnc(CN3CCN(S(=O)(=O)c4ccc(C)s4)CC3)o2)cc1. The zero-order valence-corrected chi connectivity index (χ0v) is 17.5. The third-order valence-electron chi connectivity index (χ3n) is 4.77. The molecule has 0 aliphatic carbocycles. The summed E-state index contributed by atoms with van der Waals surface area (Å²) in [5, 5.41) is 8.27. The van der Waals surface area contributed by atoms with Crippen molar-refractivity contribution in [2.24, 2.45) is 0 Å². The first-order valence-electron chi connectivity index (χ1n) is 9.10. The van der Waals surface area contributed by atoms with E-state index in [1.807, 2.05) is 44.2 Å². The zero-order chi connectivity index (χ0) is 19.7. The van der Waals surface area contributed by atoms with Gasteiger partial charge in [-0.05, 0) is 38.1 Å². The van der Waals surface area contributed by atoms with Gasteiger partial charge in [0.05, 0.1) is 6.54 Å². The second kappa shape index (κ2) is 7.75. The summed E-state index contributed by atoms with van der Waals surface area (Å²) >= 11 is 1.32. The van der Waals surface area contributed by atoms with E-state index in [-0.39, 0.29) is 0 Å². The van der Waals surface area contributed by atoms with E-state index in [0.29, 0.717) is 48.7 Å². The number of aromatic nitrogens is 2. The highest BCUT2D eigenvalue weighted by Crippen LogP contribution is 2.25. The molecule has 0 N–H and O–H groups in total. The van der Waals surface area contributed by atoms with Gasteiger partial charge >= 0.3 is 0 Å². The van der Waals surface area contributed by atoms with Crippen LogP contribution in [0.3, 0.4) is 0 Å². The molecule has 1 fully saturated rings. The molecule has 148 valence electrons. The van der Waals surface area contributed by atoms with Crippen molar-refractivity contribution in [1.82, 2.24) is 19.4 Å². The first-order chi connectivity index (χ1) is 13.4. The Labute approximate surface area is 168 Å². The van der Waals surface area contributed by atoms with Crippen molar-refractivity contribution in [3.05, 3.63) is 52.7 Å². The van der Waals surface area contributed by atoms with Crippen LogP contribution < -0.4 is 0 Å². The molecule has 4 rings (SSSR count). The summed E-state index contributed by atoms with van der Waals surface area (Å²) in [6.45, 7) is 6.64. The van der Waals surface area contributed by atoms with Crippen LogP contribution in [0.15, 0.2) is 45.0 Å². The fourth-order valence-electron chi connectivity index (χ4n) is 3.13. The van der Waals surface area contributed by atoms with Gasteiger partial charge in [0, 0.05) is 36.6 Å². The average Bonchev–Trinajstić information content (AvgIpc) is 3.32. The lowest BCUT2D eigenvalue weighted by molar-refractivity contribution is 0.169. The van der Waals surface area contributed by atoms with Gasteiger partial charge in [-0.15, -0.1) is 21.5 Å². The van der Waals surface area contributed by atoms with Crippen molar-refractivity contribution < 1.29 is 12.8 Å². The summed E-state index contributed by atoms with van der Waals surface area (Å²) in [4.78, 5) is 3.14. The normalized spacial score (nSPS) is 16.5. The molecule has 9 heteroatoms. The van der Waals surface area contributed by atoms with Crippen LogP contribution in [0.4, 0.5) is 0 Å². The van der Waals surface area contributed by atoms with Gasteiger partial charge in [0.2, 0.25) is 11.8 Å². The monoisotopic (exact) mass is 418 g/mol. The van der Waals surface area contributed by atoms with Crippen LogP contribution in [0, 0.1) is 13.8 Å². The summed E-state index contributed by atoms with van der Waals surface area (Å²) < 4.78 is 33.2. The Morgan fingerprint density at radius 1 is 1.00 bits per heavy atom. The first kappa shape index (κ1) is 19.3. The Balaban J connectivity index is 1.37. The summed E-state index contributed by atoms with van der Waals surface area (Å²) in [7, 11) is -3.40. The van der Waals surface area contributed by atoms with Gasteiger partial charge in [0.15, 0.2) is 0 Å². The molecule has 0 spiro atoms. The maximum atomic E-state index is 12.7. The van der Waals surface area contributed by atoms with E-state index in [4.69, 9.17) is 4.42 Å². The molecule has 0 unspecified atom stereocenters. The van der Waals surface area contributed by atoms with Crippen LogP contribution >= 0.6 is 11.3 Å². The molecule has 3 heterocycles. The number of rotatable bonds is 5. The molecule has 0 bridgehead atoms. The van der Waals surface area contributed by atoms with Gasteiger partial charge in [-0.1, -0.05) is 17.7 Å². The standard InChI is InChI=1S/C19H22N4O3S2/c1-14-3-6-16(7-4-14)19-21-20-17(26-19)13-22-9-11-23(12-10-22)28(24,25)18-8-5-15(2)27-18/h3-8H,9-13H2,1-2H3. The quantitative estimate of drug-likeness (QED) is 0.634. The lowest BCUT2D eigenvalue weighted by Gasteiger charge is -2.32. The number of piperazine rings is 1. The molecule has 1 aromatic carbocycles. The van der Waals surface area contributed by atoms with E-state index >= 15 is 0 Å². The zero-order valence-electron chi connectivity index (χ0n) is 15.8. The highest BCUT2D eigenvalue weighted by molar-refractivity contribution is 7.91. The maximum Gasteiger partial charge on any atom is 0.252 e. The van der Waals surface area contributed by atoms with Gasteiger partial charge in [-0.3, -0.25) is 4.90 Å². The fraction of sp³-hybridized carbons (Fsp3) is 0.368. The molecule has 1 aliphatic heterocycles. The van der Waals surface area contributed by atoms with E-state index in [0.717, 1.165) is 10.4 Å². The van der Waals surface area contributed by atoms with E-state index in [9.17, 15) is 8.42 Å². The number of hydrogen-bond donors (Lipinski definition) is 0. The largest absolute Gasteiger partial charge is 0.419 e. The molecule has 0 radical (unpaired) electrons. The Hall–Kier alpha value is -2.07. The van der Waals surface area contributed by atoms with Crippen LogP contribution in [-0.4, -0.2) is 54.0 Å². The number of aryl methyl sites for hydroxylation is 2. The van der Waals surface area contributed by atoms with Gasteiger partial charge in [0.1, 0.15) is 4.21 Å². The lowest BCUT2D eigenvalue weighted by Crippen LogP contribution is -2.48. The van der Waals surface area contributed by atoms with Crippen LogP contribution in [0.5, 0.6) is 0 Å². The minimum atomic E-state index is -3.40. The number of hydrogen-bond acceptors (Lipinski definition) is 7. The number of sulfonamides is 1. The summed E-state index contributed by atoms with van der Waals surface area (Å²) in [5.41, 5.74) is 2.07. The number of nitrogens with zero attached hydrogens (tertiary/aromatic N) is 4. The highest BCUT2D eigenvalue weighted by Gasteiger charge is 2.30. The second-order valence-corrected chi connectivity index (χ2v) is 10.4. The molecule has 1 aliphatic rings. The minimum Gasteiger partial charge on any atom is -0.419 e. The van der Waals surface area contributed by atoms with Crippen molar-refractivity contribution in [2.45, 2.75) is 24.6 Å². The van der Waals surface area contributed by atoms with Crippen molar-refractivity contribution in [3.8, 4) is 11.5 Å².